The van der Waals surface area contributed by atoms with Crippen LogP contribution in [0.1, 0.15) is 63.9 Å². The highest BCUT2D eigenvalue weighted by molar-refractivity contribution is 5.95. The number of urea groups is 1. The molecule has 2 heterocycles. The van der Waals surface area contributed by atoms with Crippen LogP contribution in [0.3, 0.4) is 0 Å². The number of nitrogens with one attached hydrogen (secondary N) is 2. The van der Waals surface area contributed by atoms with E-state index in [0.717, 1.165) is 58.0 Å². The number of benzene rings is 1. The second-order valence-corrected chi connectivity index (χ2v) is 11.3. The molecule has 9 nitrogen and oxygen atoms in total. The van der Waals surface area contributed by atoms with Crippen LogP contribution in [0.25, 0.3) is 0 Å². The van der Waals surface area contributed by atoms with Crippen LogP contribution in [-0.2, 0) is 10.3 Å². The van der Waals surface area contributed by atoms with E-state index >= 15 is 0 Å². The second-order valence-electron chi connectivity index (χ2n) is 11.3. The number of aliphatic hydroxyl groups is 1. The second kappa shape index (κ2) is 11.2. The summed E-state index contributed by atoms with van der Waals surface area (Å²) in [5.41, 5.74) is 0.766. The van der Waals surface area contributed by atoms with Crippen molar-refractivity contribution >= 4 is 17.7 Å². The number of amides is 2. The standard InChI is InChI=1S/C29H42N6O3/c1-3-17-38-18-16-31-25-32-19-24(20-33-25)34-21-27(35(26(34)36)22-28(37)10-7-11-28)12-14-29(30-2,15-13-27)23-8-5-4-6-9-23/h4-6,8-9,19-20,30,37H,3,7,10-18,21-22H2,1-2H3,(H,31,32,33). The summed E-state index contributed by atoms with van der Waals surface area (Å²) in [6.07, 6.45) is 10.5. The molecule has 3 fully saturated rings. The maximum Gasteiger partial charge on any atom is 0.325 e. The first-order valence-electron chi connectivity index (χ1n) is 14.1. The number of nitrogens with zero attached hydrogens (tertiary/aromatic N) is 4. The van der Waals surface area contributed by atoms with Crippen molar-refractivity contribution in [2.45, 2.75) is 75.0 Å². The van der Waals surface area contributed by atoms with Gasteiger partial charge in [-0.25, -0.2) is 14.8 Å². The molecule has 38 heavy (non-hydrogen) atoms. The molecule has 2 aromatic rings. The summed E-state index contributed by atoms with van der Waals surface area (Å²) < 4.78 is 5.50. The Morgan fingerprint density at radius 3 is 2.34 bits per heavy atom. The number of carbonyl (C=O) groups is 1. The molecule has 3 aliphatic rings. The first-order chi connectivity index (χ1) is 18.4. The van der Waals surface area contributed by atoms with Crippen LogP contribution in [0.15, 0.2) is 42.7 Å². The number of hydrogen-bond acceptors (Lipinski definition) is 7. The lowest BCUT2D eigenvalue weighted by Gasteiger charge is -2.50. The lowest BCUT2D eigenvalue weighted by molar-refractivity contribution is -0.0690. The van der Waals surface area contributed by atoms with Crippen molar-refractivity contribution in [3.8, 4) is 0 Å². The van der Waals surface area contributed by atoms with Crippen LogP contribution in [0, 0.1) is 0 Å². The molecule has 1 saturated heterocycles. The first-order valence-corrected chi connectivity index (χ1v) is 14.1. The largest absolute Gasteiger partial charge is 0.388 e. The van der Waals surface area contributed by atoms with Gasteiger partial charge in [0.05, 0.1) is 48.9 Å². The molecule has 0 bridgehead atoms. The van der Waals surface area contributed by atoms with Gasteiger partial charge in [0, 0.05) is 18.7 Å². The number of anilines is 2. The molecule has 2 aliphatic carbocycles. The third-order valence-corrected chi connectivity index (χ3v) is 8.89. The third kappa shape index (κ3) is 5.24. The molecule has 2 amide bonds. The quantitative estimate of drug-likeness (QED) is 0.385. The molecule has 2 saturated carbocycles. The summed E-state index contributed by atoms with van der Waals surface area (Å²) in [4.78, 5) is 26.6. The molecule has 3 N–H and O–H groups in total. The minimum Gasteiger partial charge on any atom is -0.388 e. The van der Waals surface area contributed by atoms with Gasteiger partial charge in [-0.1, -0.05) is 37.3 Å². The molecule has 206 valence electrons. The van der Waals surface area contributed by atoms with Crippen LogP contribution >= 0.6 is 0 Å². The van der Waals surface area contributed by atoms with Gasteiger partial charge in [0.15, 0.2) is 0 Å². The van der Waals surface area contributed by atoms with Gasteiger partial charge in [0.25, 0.3) is 0 Å². The number of carbonyl (C=O) groups excluding carboxylic acids is 1. The Hall–Kier alpha value is -2.75. The molecule has 9 heteroatoms. The molecular formula is C29H42N6O3. The topological polar surface area (TPSA) is 103 Å². The fourth-order valence-electron chi connectivity index (χ4n) is 6.31. The van der Waals surface area contributed by atoms with Crippen LogP contribution in [-0.4, -0.2) is 77.0 Å². The monoisotopic (exact) mass is 522 g/mol. The Balaban J connectivity index is 1.33. The number of ether oxygens (including phenoxy) is 1. The summed E-state index contributed by atoms with van der Waals surface area (Å²) >= 11 is 0. The predicted molar refractivity (Wildman–Crippen MR) is 148 cm³/mol. The highest BCUT2D eigenvalue weighted by atomic mass is 16.5. The van der Waals surface area contributed by atoms with Crippen molar-refractivity contribution in [3.05, 3.63) is 48.3 Å². The minimum atomic E-state index is -0.778. The smallest absolute Gasteiger partial charge is 0.325 e. The molecule has 1 aromatic heterocycles. The Morgan fingerprint density at radius 1 is 1.03 bits per heavy atom. The molecule has 5 rings (SSSR count). The van der Waals surface area contributed by atoms with E-state index < -0.39 is 5.60 Å². The van der Waals surface area contributed by atoms with Crippen molar-refractivity contribution in [3.63, 3.8) is 0 Å². The van der Waals surface area contributed by atoms with Gasteiger partial charge in [0.2, 0.25) is 5.95 Å². The predicted octanol–water partition coefficient (Wildman–Crippen LogP) is 3.90. The Bertz CT molecular complexity index is 1070. The zero-order valence-electron chi connectivity index (χ0n) is 22.8. The van der Waals surface area contributed by atoms with E-state index in [1.807, 2.05) is 16.8 Å². The van der Waals surface area contributed by atoms with Crippen molar-refractivity contribution < 1.29 is 14.6 Å². The highest BCUT2D eigenvalue weighted by Crippen LogP contribution is 2.48. The van der Waals surface area contributed by atoms with Gasteiger partial charge in [-0.2, -0.15) is 0 Å². The van der Waals surface area contributed by atoms with Crippen LogP contribution < -0.4 is 15.5 Å². The van der Waals surface area contributed by atoms with E-state index in [9.17, 15) is 9.90 Å². The van der Waals surface area contributed by atoms with Gasteiger partial charge < -0.3 is 25.4 Å². The third-order valence-electron chi connectivity index (χ3n) is 8.89. The van der Waals surface area contributed by atoms with E-state index in [1.54, 1.807) is 12.4 Å². The van der Waals surface area contributed by atoms with Gasteiger partial charge >= 0.3 is 6.03 Å². The SMILES string of the molecule is CCCOCCNc1ncc(N2CC3(CCC(NC)(c4ccccc4)CC3)N(CC3(O)CCC3)C2=O)cn1. The summed E-state index contributed by atoms with van der Waals surface area (Å²) in [6.45, 7) is 5.02. The minimum absolute atomic E-state index is 0.0562. The van der Waals surface area contributed by atoms with Gasteiger partial charge in [-0.3, -0.25) is 4.90 Å². The van der Waals surface area contributed by atoms with Crippen molar-refractivity contribution in [1.29, 1.82) is 0 Å². The van der Waals surface area contributed by atoms with Gasteiger partial charge in [0.1, 0.15) is 0 Å². The number of β-amino-alcohol motifs (C(OH)–C–C–N with tert-alkyl or cyclic N) is 1. The van der Waals surface area contributed by atoms with Crippen LogP contribution in [0.5, 0.6) is 0 Å². The Kier molecular flexibility index (Phi) is 7.88. The Labute approximate surface area is 226 Å². The molecule has 1 spiro atoms. The van der Waals surface area contributed by atoms with E-state index in [2.05, 4.69) is 57.9 Å². The average Bonchev–Trinajstić information content (AvgIpc) is 3.20. The average molecular weight is 523 g/mol. The number of hydrogen-bond donors (Lipinski definition) is 3. The number of rotatable bonds is 11. The fourth-order valence-corrected chi connectivity index (χ4v) is 6.31. The zero-order chi connectivity index (χ0) is 26.6. The molecular weight excluding hydrogens is 480 g/mol. The summed E-state index contributed by atoms with van der Waals surface area (Å²) in [5, 5.41) is 17.9. The van der Waals surface area contributed by atoms with E-state index in [-0.39, 0.29) is 17.1 Å². The summed E-state index contributed by atoms with van der Waals surface area (Å²) in [6, 6.07) is 10.6. The molecule has 1 aliphatic heterocycles. The lowest BCUT2D eigenvalue weighted by Crippen LogP contribution is -2.59. The number of aromatic nitrogens is 2. The molecule has 0 unspecified atom stereocenters. The fraction of sp³-hybridized carbons (Fsp3) is 0.621. The highest BCUT2D eigenvalue weighted by Gasteiger charge is 2.56. The maximum absolute atomic E-state index is 13.9. The summed E-state index contributed by atoms with van der Waals surface area (Å²) in [5.74, 6) is 0.523. The molecule has 1 aromatic carbocycles. The zero-order valence-corrected chi connectivity index (χ0v) is 22.8. The summed E-state index contributed by atoms with van der Waals surface area (Å²) in [7, 11) is 2.04. The van der Waals surface area contributed by atoms with Crippen molar-refractivity contribution in [1.82, 2.24) is 20.2 Å². The van der Waals surface area contributed by atoms with Gasteiger partial charge in [-0.05, 0) is 64.0 Å². The first kappa shape index (κ1) is 26.8. The van der Waals surface area contributed by atoms with Crippen molar-refractivity contribution in [2.75, 3.05) is 50.1 Å². The molecule has 0 radical (unpaired) electrons. The van der Waals surface area contributed by atoms with E-state index in [0.29, 0.717) is 37.9 Å². The van der Waals surface area contributed by atoms with Gasteiger partial charge in [-0.15, -0.1) is 0 Å². The normalized spacial score (nSPS) is 26.6. The van der Waals surface area contributed by atoms with E-state index in [1.165, 1.54) is 5.56 Å². The van der Waals surface area contributed by atoms with Crippen molar-refractivity contribution in [2.24, 2.45) is 0 Å². The Morgan fingerprint density at radius 2 is 1.74 bits per heavy atom. The lowest BCUT2D eigenvalue weighted by atomic mass is 9.68. The van der Waals surface area contributed by atoms with E-state index in [4.69, 9.17) is 4.74 Å². The van der Waals surface area contributed by atoms with Crippen LogP contribution in [0.4, 0.5) is 16.4 Å². The van der Waals surface area contributed by atoms with Crippen LogP contribution in [0.2, 0.25) is 0 Å². The maximum atomic E-state index is 13.9. The molecule has 0 atom stereocenters.